The minimum atomic E-state index is -2.57. The summed E-state index contributed by atoms with van der Waals surface area (Å²) in [5, 5.41) is 2.63. The third-order valence-electron chi connectivity index (χ3n) is 6.22. The highest BCUT2D eigenvalue weighted by molar-refractivity contribution is 6.99. The molecule has 1 aliphatic carbocycles. The molecule has 2 N–H and O–H groups in total. The summed E-state index contributed by atoms with van der Waals surface area (Å²) in [6.45, 7) is 7.00. The van der Waals surface area contributed by atoms with Crippen LogP contribution in [0.15, 0.2) is 84.9 Å². The Kier molecular flexibility index (Phi) is 5.47. The molecule has 0 bridgehead atoms. The molecule has 0 saturated carbocycles. The van der Waals surface area contributed by atoms with Crippen molar-refractivity contribution in [1.82, 2.24) is 0 Å². The van der Waals surface area contributed by atoms with Crippen molar-refractivity contribution in [3.63, 3.8) is 0 Å². The van der Waals surface area contributed by atoms with Gasteiger partial charge in [0.15, 0.2) is 0 Å². The van der Waals surface area contributed by atoms with Gasteiger partial charge in [-0.15, -0.1) is 0 Å². The molecule has 0 saturated heterocycles. The Morgan fingerprint density at radius 3 is 1.72 bits per heavy atom. The summed E-state index contributed by atoms with van der Waals surface area (Å²) < 4.78 is 7.37. The Hall–Kier alpha value is -2.20. The van der Waals surface area contributed by atoms with Crippen LogP contribution in [0.5, 0.6) is 0 Å². The molecule has 0 aromatic heterocycles. The first-order valence-electron chi connectivity index (χ1n) is 10.6. The molecule has 0 heterocycles. The number of nitrogens with two attached hydrogens (primary N) is 1. The quantitative estimate of drug-likeness (QED) is 0.618. The van der Waals surface area contributed by atoms with E-state index in [0.29, 0.717) is 0 Å². The number of hydrogen-bond acceptors (Lipinski definition) is 2. The van der Waals surface area contributed by atoms with Gasteiger partial charge in [-0.2, -0.15) is 0 Å². The molecule has 150 valence electrons. The highest BCUT2D eigenvalue weighted by Crippen LogP contribution is 2.44. The number of rotatable bonds is 4. The zero-order valence-corrected chi connectivity index (χ0v) is 18.6. The van der Waals surface area contributed by atoms with Gasteiger partial charge in [0.1, 0.15) is 0 Å². The normalized spacial score (nSPS) is 19.6. The molecular weight excluding hydrogens is 370 g/mol. The van der Waals surface area contributed by atoms with Crippen LogP contribution in [-0.4, -0.2) is 8.32 Å². The zero-order chi connectivity index (χ0) is 20.5. The highest BCUT2D eigenvalue weighted by atomic mass is 28.4. The summed E-state index contributed by atoms with van der Waals surface area (Å²) in [4.78, 5) is 0. The summed E-state index contributed by atoms with van der Waals surface area (Å²) in [6, 6.07) is 30.4. The van der Waals surface area contributed by atoms with Gasteiger partial charge in [0.05, 0.1) is 6.10 Å². The third-order valence-corrected chi connectivity index (χ3v) is 11.3. The van der Waals surface area contributed by atoms with Gasteiger partial charge >= 0.3 is 0 Å². The van der Waals surface area contributed by atoms with Gasteiger partial charge in [0.2, 0.25) is 0 Å². The topological polar surface area (TPSA) is 35.2 Å². The van der Waals surface area contributed by atoms with E-state index < -0.39 is 8.32 Å². The van der Waals surface area contributed by atoms with Gasteiger partial charge in [0, 0.05) is 6.04 Å². The van der Waals surface area contributed by atoms with Crippen molar-refractivity contribution in [3.8, 4) is 0 Å². The van der Waals surface area contributed by atoms with E-state index in [1.54, 1.807) is 0 Å². The fourth-order valence-electron chi connectivity index (χ4n) is 4.81. The second-order valence-corrected chi connectivity index (χ2v) is 13.3. The smallest absolute Gasteiger partial charge is 0.261 e. The zero-order valence-electron chi connectivity index (χ0n) is 17.6. The lowest BCUT2D eigenvalue weighted by atomic mass is 9.86. The number of fused-ring (bicyclic) bond motifs is 1. The second kappa shape index (κ2) is 7.90. The third kappa shape index (κ3) is 3.59. The SMILES string of the molecule is CC(C)(C)[Si](OC1CC[C@@H](N)c2ccccc21)(c1ccccc1)c1ccccc1. The molecular formula is C26H31NOSi. The molecule has 2 nitrogen and oxygen atoms in total. The van der Waals surface area contributed by atoms with Gasteiger partial charge in [-0.25, -0.2) is 0 Å². The Labute approximate surface area is 175 Å². The van der Waals surface area contributed by atoms with Crippen LogP contribution in [0.25, 0.3) is 0 Å². The number of benzene rings is 3. The molecule has 29 heavy (non-hydrogen) atoms. The van der Waals surface area contributed by atoms with E-state index in [1.807, 2.05) is 0 Å². The first-order valence-corrected chi connectivity index (χ1v) is 12.5. The Morgan fingerprint density at radius 1 is 0.724 bits per heavy atom. The van der Waals surface area contributed by atoms with E-state index in [0.717, 1.165) is 12.8 Å². The van der Waals surface area contributed by atoms with Gasteiger partial charge in [-0.3, -0.25) is 0 Å². The van der Waals surface area contributed by atoms with Crippen LogP contribution < -0.4 is 16.1 Å². The van der Waals surface area contributed by atoms with Crippen molar-refractivity contribution < 1.29 is 4.43 Å². The molecule has 1 unspecified atom stereocenters. The Bertz CT molecular complexity index is 910. The van der Waals surface area contributed by atoms with Crippen LogP contribution in [0.4, 0.5) is 0 Å². The first-order chi connectivity index (χ1) is 13.9. The van der Waals surface area contributed by atoms with Crippen LogP contribution in [-0.2, 0) is 4.43 Å². The molecule has 0 aliphatic heterocycles. The fourth-order valence-corrected chi connectivity index (χ4v) is 9.50. The Balaban J connectivity index is 1.89. The van der Waals surface area contributed by atoms with Crippen LogP contribution in [0.1, 0.15) is 56.9 Å². The molecule has 0 radical (unpaired) electrons. The lowest BCUT2D eigenvalue weighted by Crippen LogP contribution is -2.67. The van der Waals surface area contributed by atoms with Crippen LogP contribution in [0.2, 0.25) is 5.04 Å². The molecule has 2 atom stereocenters. The van der Waals surface area contributed by atoms with Crippen LogP contribution in [0.3, 0.4) is 0 Å². The van der Waals surface area contributed by atoms with Crippen molar-refractivity contribution >= 4 is 18.7 Å². The average Bonchev–Trinajstić information content (AvgIpc) is 2.74. The molecule has 4 rings (SSSR count). The monoisotopic (exact) mass is 401 g/mol. The van der Waals surface area contributed by atoms with E-state index in [1.165, 1.54) is 21.5 Å². The molecule has 3 aromatic rings. The maximum absolute atomic E-state index is 7.37. The molecule has 0 fully saturated rings. The Morgan fingerprint density at radius 2 is 1.21 bits per heavy atom. The van der Waals surface area contributed by atoms with Gasteiger partial charge in [-0.05, 0) is 39.4 Å². The molecule has 0 amide bonds. The summed E-state index contributed by atoms with van der Waals surface area (Å²) in [7, 11) is -2.57. The van der Waals surface area contributed by atoms with E-state index in [9.17, 15) is 0 Å². The van der Waals surface area contributed by atoms with Crippen molar-refractivity contribution in [3.05, 3.63) is 96.1 Å². The van der Waals surface area contributed by atoms with Gasteiger partial charge in [0.25, 0.3) is 8.32 Å². The average molecular weight is 402 g/mol. The standard InChI is InChI=1S/C26H31NOSi/c1-26(2,3)29(20-12-6-4-7-13-20,21-14-8-5-9-15-21)28-25-19-18-24(27)22-16-10-11-17-23(22)25/h4-17,24-25H,18-19,27H2,1-3H3/t24-,25?/m1/s1. The van der Waals surface area contributed by atoms with Gasteiger partial charge in [-0.1, -0.05) is 106 Å². The fraction of sp³-hybridized carbons (Fsp3) is 0.308. The van der Waals surface area contributed by atoms with Gasteiger partial charge < -0.3 is 10.2 Å². The molecule has 3 aromatic carbocycles. The van der Waals surface area contributed by atoms with Crippen molar-refractivity contribution in [2.75, 3.05) is 0 Å². The minimum absolute atomic E-state index is 0.0236. The largest absolute Gasteiger partial charge is 0.400 e. The minimum Gasteiger partial charge on any atom is -0.400 e. The van der Waals surface area contributed by atoms with Crippen molar-refractivity contribution in [1.29, 1.82) is 0 Å². The lowest BCUT2D eigenvalue weighted by Gasteiger charge is -2.46. The van der Waals surface area contributed by atoms with Crippen molar-refractivity contribution in [2.45, 2.75) is 50.8 Å². The summed E-state index contributed by atoms with van der Waals surface area (Å²) in [5.74, 6) is 0. The molecule has 0 spiro atoms. The first kappa shape index (κ1) is 20.1. The lowest BCUT2D eigenvalue weighted by molar-refractivity contribution is 0.164. The highest BCUT2D eigenvalue weighted by Gasteiger charge is 2.52. The summed E-state index contributed by atoms with van der Waals surface area (Å²) in [6.07, 6.45) is 1.99. The van der Waals surface area contributed by atoms with Crippen LogP contribution in [0, 0.1) is 0 Å². The van der Waals surface area contributed by atoms with E-state index >= 15 is 0 Å². The summed E-state index contributed by atoms with van der Waals surface area (Å²) in [5.41, 5.74) is 8.94. The second-order valence-electron chi connectivity index (χ2n) is 9.08. The predicted molar refractivity (Wildman–Crippen MR) is 124 cm³/mol. The predicted octanol–water partition coefficient (Wildman–Crippen LogP) is 5.10. The molecule has 3 heteroatoms. The maximum atomic E-state index is 7.37. The summed E-state index contributed by atoms with van der Waals surface area (Å²) >= 11 is 0. The van der Waals surface area contributed by atoms with E-state index in [2.05, 4.69) is 106 Å². The maximum Gasteiger partial charge on any atom is 0.261 e. The van der Waals surface area contributed by atoms with E-state index in [4.69, 9.17) is 10.2 Å². The van der Waals surface area contributed by atoms with Crippen molar-refractivity contribution in [2.24, 2.45) is 5.73 Å². The number of hydrogen-bond donors (Lipinski definition) is 1. The molecule has 1 aliphatic rings. The van der Waals surface area contributed by atoms with E-state index in [-0.39, 0.29) is 17.2 Å². The van der Waals surface area contributed by atoms with Crippen LogP contribution >= 0.6 is 0 Å².